The first-order valence-corrected chi connectivity index (χ1v) is 9.78. The molecule has 0 fully saturated rings. The van der Waals surface area contributed by atoms with Crippen LogP contribution in [0.1, 0.15) is 22.2 Å². The molecule has 1 aliphatic heterocycles. The highest BCUT2D eigenvalue weighted by atomic mass is 32.1. The molecule has 0 radical (unpaired) electrons. The van der Waals surface area contributed by atoms with E-state index in [9.17, 15) is 9.59 Å². The summed E-state index contributed by atoms with van der Waals surface area (Å²) in [7, 11) is 1.74. The summed E-state index contributed by atoms with van der Waals surface area (Å²) in [4.78, 5) is 31.7. The van der Waals surface area contributed by atoms with E-state index in [0.717, 1.165) is 28.2 Å². The van der Waals surface area contributed by atoms with Gasteiger partial charge in [0.25, 0.3) is 11.8 Å². The molecule has 7 heteroatoms. The van der Waals surface area contributed by atoms with E-state index >= 15 is 0 Å². The molecule has 0 aliphatic carbocycles. The standard InChI is InChI=1S/C21H19N3O3S/c1-3-17-19(14-9-10-16-15(11-14)24(2)18(25)12-27-16)22-21(28-17)23-20(26)13-7-5-4-6-8-13/h4-11H,3,12H2,1-2H3,(H,22,23,26). The topological polar surface area (TPSA) is 71.5 Å². The number of thiazole rings is 1. The van der Waals surface area contributed by atoms with Crippen LogP contribution in [0, 0.1) is 0 Å². The Morgan fingerprint density at radius 1 is 1.25 bits per heavy atom. The number of aryl methyl sites for hydroxylation is 1. The Balaban J connectivity index is 1.66. The summed E-state index contributed by atoms with van der Waals surface area (Å²) in [6, 6.07) is 14.7. The van der Waals surface area contributed by atoms with Crippen LogP contribution in [-0.2, 0) is 11.2 Å². The van der Waals surface area contributed by atoms with Crippen molar-refractivity contribution in [2.24, 2.45) is 0 Å². The van der Waals surface area contributed by atoms with Gasteiger partial charge in [0.2, 0.25) is 0 Å². The van der Waals surface area contributed by atoms with Crippen LogP contribution in [0.4, 0.5) is 10.8 Å². The van der Waals surface area contributed by atoms with Crippen molar-refractivity contribution in [3.05, 3.63) is 59.0 Å². The number of nitrogens with one attached hydrogen (secondary N) is 1. The van der Waals surface area contributed by atoms with Gasteiger partial charge in [0.1, 0.15) is 5.75 Å². The fourth-order valence-corrected chi connectivity index (χ4v) is 3.97. The van der Waals surface area contributed by atoms with Crippen molar-refractivity contribution in [2.75, 3.05) is 23.9 Å². The zero-order chi connectivity index (χ0) is 19.7. The summed E-state index contributed by atoms with van der Waals surface area (Å²) in [6.45, 7) is 2.10. The Kier molecular flexibility index (Phi) is 4.83. The highest BCUT2D eigenvalue weighted by Crippen LogP contribution is 2.38. The highest BCUT2D eigenvalue weighted by molar-refractivity contribution is 7.16. The fraction of sp³-hybridized carbons (Fsp3) is 0.190. The number of hydrogen-bond donors (Lipinski definition) is 1. The number of hydrogen-bond acceptors (Lipinski definition) is 5. The predicted octanol–water partition coefficient (Wildman–Crippen LogP) is 3.98. The molecule has 4 rings (SSSR count). The molecule has 0 saturated carbocycles. The number of fused-ring (bicyclic) bond motifs is 1. The lowest BCUT2D eigenvalue weighted by molar-refractivity contribution is -0.120. The lowest BCUT2D eigenvalue weighted by atomic mass is 10.1. The summed E-state index contributed by atoms with van der Waals surface area (Å²) in [5, 5.41) is 3.44. The number of ether oxygens (including phenoxy) is 1. The maximum atomic E-state index is 12.4. The first-order valence-electron chi connectivity index (χ1n) is 8.96. The van der Waals surface area contributed by atoms with Gasteiger partial charge in [-0.2, -0.15) is 0 Å². The molecule has 2 heterocycles. The molecule has 0 saturated heterocycles. The average molecular weight is 393 g/mol. The molecule has 2 amide bonds. The quantitative estimate of drug-likeness (QED) is 0.728. The van der Waals surface area contributed by atoms with Gasteiger partial charge < -0.3 is 9.64 Å². The van der Waals surface area contributed by atoms with E-state index in [1.807, 2.05) is 36.4 Å². The van der Waals surface area contributed by atoms with Crippen molar-refractivity contribution in [3.8, 4) is 17.0 Å². The number of rotatable bonds is 4. The summed E-state index contributed by atoms with van der Waals surface area (Å²) in [5.74, 6) is 0.402. The number of amides is 2. The minimum absolute atomic E-state index is 0.0510. The van der Waals surface area contributed by atoms with Crippen LogP contribution in [-0.4, -0.2) is 30.5 Å². The maximum Gasteiger partial charge on any atom is 0.264 e. The minimum atomic E-state index is -0.187. The van der Waals surface area contributed by atoms with Crippen molar-refractivity contribution >= 4 is 34.0 Å². The molecule has 1 aliphatic rings. The van der Waals surface area contributed by atoms with Gasteiger partial charge in [-0.15, -0.1) is 11.3 Å². The number of anilines is 2. The first kappa shape index (κ1) is 18.2. The largest absolute Gasteiger partial charge is 0.482 e. The van der Waals surface area contributed by atoms with E-state index in [4.69, 9.17) is 4.74 Å². The third-order valence-electron chi connectivity index (χ3n) is 4.59. The Morgan fingerprint density at radius 3 is 2.79 bits per heavy atom. The fourth-order valence-electron chi connectivity index (χ4n) is 3.05. The van der Waals surface area contributed by atoms with Crippen LogP contribution < -0.4 is 15.0 Å². The lowest BCUT2D eigenvalue weighted by Gasteiger charge is -2.26. The van der Waals surface area contributed by atoms with Gasteiger partial charge in [0, 0.05) is 23.1 Å². The van der Waals surface area contributed by atoms with Gasteiger partial charge in [-0.05, 0) is 36.8 Å². The number of carbonyl (C=O) groups is 2. The number of nitrogens with zero attached hydrogens (tertiary/aromatic N) is 2. The number of aromatic nitrogens is 1. The molecular formula is C21H19N3O3S. The molecule has 0 atom stereocenters. The molecule has 0 bridgehead atoms. The van der Waals surface area contributed by atoms with Gasteiger partial charge in [-0.1, -0.05) is 25.1 Å². The van der Waals surface area contributed by atoms with Crippen LogP contribution in [0.3, 0.4) is 0 Å². The van der Waals surface area contributed by atoms with Crippen LogP contribution in [0.15, 0.2) is 48.5 Å². The molecule has 28 heavy (non-hydrogen) atoms. The summed E-state index contributed by atoms with van der Waals surface area (Å²) in [5.41, 5.74) is 3.00. The molecule has 1 aromatic heterocycles. The van der Waals surface area contributed by atoms with Crippen molar-refractivity contribution in [3.63, 3.8) is 0 Å². The van der Waals surface area contributed by atoms with Gasteiger partial charge >= 0.3 is 0 Å². The molecule has 0 unspecified atom stereocenters. The van der Waals surface area contributed by atoms with Crippen molar-refractivity contribution in [2.45, 2.75) is 13.3 Å². The predicted molar refractivity (Wildman–Crippen MR) is 110 cm³/mol. The number of benzene rings is 2. The molecule has 0 spiro atoms. The molecule has 1 N–H and O–H groups in total. The monoisotopic (exact) mass is 393 g/mol. The summed E-state index contributed by atoms with van der Waals surface area (Å²) >= 11 is 1.46. The van der Waals surface area contributed by atoms with E-state index < -0.39 is 0 Å². The van der Waals surface area contributed by atoms with E-state index in [-0.39, 0.29) is 18.4 Å². The van der Waals surface area contributed by atoms with Gasteiger partial charge in [-0.3, -0.25) is 14.9 Å². The lowest BCUT2D eigenvalue weighted by Crippen LogP contribution is -2.35. The third kappa shape index (κ3) is 3.36. The average Bonchev–Trinajstić information content (AvgIpc) is 3.14. The Labute approximate surface area is 166 Å². The van der Waals surface area contributed by atoms with Crippen molar-refractivity contribution in [1.29, 1.82) is 0 Å². The Hall–Kier alpha value is -3.19. The van der Waals surface area contributed by atoms with Gasteiger partial charge in [0.05, 0.1) is 11.4 Å². The van der Waals surface area contributed by atoms with Crippen molar-refractivity contribution < 1.29 is 14.3 Å². The summed E-state index contributed by atoms with van der Waals surface area (Å²) in [6.07, 6.45) is 0.788. The molecule has 2 aromatic carbocycles. The number of carbonyl (C=O) groups excluding carboxylic acids is 2. The molecule has 3 aromatic rings. The van der Waals surface area contributed by atoms with E-state index in [0.29, 0.717) is 16.4 Å². The molecule has 6 nitrogen and oxygen atoms in total. The minimum Gasteiger partial charge on any atom is -0.482 e. The second-order valence-electron chi connectivity index (χ2n) is 6.39. The zero-order valence-corrected chi connectivity index (χ0v) is 16.4. The summed E-state index contributed by atoms with van der Waals surface area (Å²) < 4.78 is 5.49. The Morgan fingerprint density at radius 2 is 2.04 bits per heavy atom. The zero-order valence-electron chi connectivity index (χ0n) is 15.6. The molecular weight excluding hydrogens is 374 g/mol. The maximum absolute atomic E-state index is 12.4. The van der Waals surface area contributed by atoms with Crippen molar-refractivity contribution in [1.82, 2.24) is 4.98 Å². The van der Waals surface area contributed by atoms with Gasteiger partial charge in [-0.25, -0.2) is 4.98 Å². The van der Waals surface area contributed by atoms with E-state index in [2.05, 4.69) is 17.2 Å². The van der Waals surface area contributed by atoms with E-state index in [1.165, 1.54) is 11.3 Å². The first-order chi connectivity index (χ1) is 13.6. The third-order valence-corrected chi connectivity index (χ3v) is 5.71. The van der Waals surface area contributed by atoms with Crippen LogP contribution in [0.2, 0.25) is 0 Å². The molecule has 142 valence electrons. The van der Waals surface area contributed by atoms with Crippen LogP contribution in [0.25, 0.3) is 11.3 Å². The number of likely N-dealkylation sites (N-methyl/N-ethyl adjacent to an activating group) is 1. The Bertz CT molecular complexity index is 1050. The second-order valence-corrected chi connectivity index (χ2v) is 7.47. The smallest absolute Gasteiger partial charge is 0.264 e. The highest BCUT2D eigenvalue weighted by Gasteiger charge is 2.24. The van der Waals surface area contributed by atoms with E-state index in [1.54, 1.807) is 24.1 Å². The van der Waals surface area contributed by atoms with Gasteiger partial charge in [0.15, 0.2) is 11.7 Å². The normalized spacial score (nSPS) is 13.1. The second kappa shape index (κ2) is 7.44. The SMILES string of the molecule is CCc1sc(NC(=O)c2ccccc2)nc1-c1ccc2c(c1)N(C)C(=O)CO2. The van der Waals surface area contributed by atoms with Crippen LogP contribution in [0.5, 0.6) is 5.75 Å². The van der Waals surface area contributed by atoms with Crippen LogP contribution >= 0.6 is 11.3 Å².